The summed E-state index contributed by atoms with van der Waals surface area (Å²) in [4.78, 5) is 32.5. The van der Waals surface area contributed by atoms with Crippen LogP contribution in [-0.2, 0) is 11.3 Å². The number of imide groups is 1. The Kier molecular flexibility index (Phi) is 6.55. The third-order valence-electron chi connectivity index (χ3n) is 5.34. The molecule has 1 N–H and O–H groups in total. The van der Waals surface area contributed by atoms with Crippen molar-refractivity contribution in [1.29, 1.82) is 0 Å². The Bertz CT molecular complexity index is 1170. The number of rotatable bonds is 6. The van der Waals surface area contributed by atoms with Crippen LogP contribution in [0, 0.1) is 0 Å². The lowest BCUT2D eigenvalue weighted by Crippen LogP contribution is -2.61. The van der Waals surface area contributed by atoms with Gasteiger partial charge < -0.3 is 4.74 Å². The molecule has 10 heteroatoms. The number of nitrogens with zero attached hydrogens (tertiary/aromatic N) is 5. The van der Waals surface area contributed by atoms with Gasteiger partial charge in [0.15, 0.2) is 0 Å². The smallest absolute Gasteiger partial charge is 0.414 e. The van der Waals surface area contributed by atoms with Crippen LogP contribution >= 0.6 is 15.9 Å². The van der Waals surface area contributed by atoms with Crippen LogP contribution in [0.15, 0.2) is 63.1 Å². The summed E-state index contributed by atoms with van der Waals surface area (Å²) in [5.74, 6) is 1.22. The Morgan fingerprint density at radius 3 is 2.64 bits per heavy atom. The van der Waals surface area contributed by atoms with Gasteiger partial charge >= 0.3 is 12.0 Å². The number of halogens is 1. The van der Waals surface area contributed by atoms with E-state index in [9.17, 15) is 9.59 Å². The maximum atomic E-state index is 13.0. The third-order valence-corrected chi connectivity index (χ3v) is 5.84. The predicted molar refractivity (Wildman–Crippen MR) is 129 cm³/mol. The van der Waals surface area contributed by atoms with Crippen LogP contribution in [-0.4, -0.2) is 71.1 Å². The van der Waals surface area contributed by atoms with E-state index < -0.39 is 12.1 Å². The number of likely N-dealkylation sites (N-methyl/N-ethyl adjacent to an activating group) is 2. The molecular formula is C23H24BrN6O3+. The molecule has 0 bridgehead atoms. The molecule has 1 unspecified atom stereocenters. The summed E-state index contributed by atoms with van der Waals surface area (Å²) in [6.45, 7) is 2.94. The van der Waals surface area contributed by atoms with E-state index in [1.807, 2.05) is 60.0 Å². The van der Waals surface area contributed by atoms with Crippen LogP contribution in [0.25, 0.3) is 0 Å². The second-order valence-electron chi connectivity index (χ2n) is 7.56. The first-order valence-corrected chi connectivity index (χ1v) is 11.2. The molecule has 0 radical (unpaired) electrons. The normalized spacial score (nSPS) is 18.2. The van der Waals surface area contributed by atoms with E-state index in [-0.39, 0.29) is 5.91 Å². The van der Waals surface area contributed by atoms with Gasteiger partial charge in [0, 0.05) is 18.6 Å². The summed E-state index contributed by atoms with van der Waals surface area (Å²) in [6, 6.07) is 14.2. The van der Waals surface area contributed by atoms with Gasteiger partial charge in [0.05, 0.1) is 19.4 Å². The van der Waals surface area contributed by atoms with Crippen LogP contribution in [0.5, 0.6) is 5.75 Å². The van der Waals surface area contributed by atoms with Crippen molar-refractivity contribution < 1.29 is 18.9 Å². The number of ether oxygens (including phenoxy) is 1. The van der Waals surface area contributed by atoms with E-state index in [1.54, 1.807) is 13.3 Å². The van der Waals surface area contributed by atoms with Gasteiger partial charge in [-0.2, -0.15) is 5.43 Å². The molecule has 0 saturated carbocycles. The fraction of sp³-hybridized carbons (Fsp3) is 0.261. The number of amidine groups is 1. The first-order chi connectivity index (χ1) is 15.9. The Balaban J connectivity index is 1.63. The molecule has 33 heavy (non-hydrogen) atoms. The van der Waals surface area contributed by atoms with Gasteiger partial charge in [0.25, 0.3) is 5.91 Å². The molecule has 2 heterocycles. The zero-order valence-electron chi connectivity index (χ0n) is 18.5. The van der Waals surface area contributed by atoms with Gasteiger partial charge in [-0.3, -0.25) is 14.6 Å². The number of carbonyl (C=O) groups is 2. The molecule has 1 fully saturated rings. The molecule has 0 aliphatic carbocycles. The van der Waals surface area contributed by atoms with E-state index >= 15 is 0 Å². The van der Waals surface area contributed by atoms with Gasteiger partial charge in [-0.25, -0.2) is 9.37 Å². The predicted octanol–water partition coefficient (Wildman–Crippen LogP) is 2.64. The fourth-order valence-corrected chi connectivity index (χ4v) is 4.11. The number of hydrogen-bond donors (Lipinski definition) is 1. The number of hydrogen-bond acceptors (Lipinski definition) is 6. The lowest BCUT2D eigenvalue weighted by molar-refractivity contribution is -0.553. The maximum Gasteiger partial charge on any atom is 0.414 e. The summed E-state index contributed by atoms with van der Waals surface area (Å²) in [6.07, 6.45) is 1.66. The third kappa shape index (κ3) is 4.65. The molecular weight excluding hydrogens is 488 g/mol. The van der Waals surface area contributed by atoms with Crippen molar-refractivity contribution in [1.82, 2.24) is 15.2 Å². The number of amides is 3. The molecule has 9 nitrogen and oxygen atoms in total. The van der Waals surface area contributed by atoms with E-state index in [4.69, 9.17) is 4.74 Å². The SMILES string of the molecule is CCOc1ccc(/C=N/NC2=[N+](Cc3cccc(Br)c3)C3C(=O)N(C)C(=O)N(C)C3=N2)cc1. The van der Waals surface area contributed by atoms with Crippen molar-refractivity contribution in [3.63, 3.8) is 0 Å². The number of aliphatic imine (C=N–C) groups is 1. The average molecular weight is 512 g/mol. The molecule has 1 saturated heterocycles. The van der Waals surface area contributed by atoms with Gasteiger partial charge in [0.2, 0.25) is 11.9 Å². The minimum absolute atomic E-state index is 0.334. The maximum absolute atomic E-state index is 13.0. The Labute approximate surface area is 200 Å². The molecule has 0 spiro atoms. The molecule has 2 aromatic carbocycles. The minimum atomic E-state index is -0.722. The summed E-state index contributed by atoms with van der Waals surface area (Å²) >= 11 is 3.49. The number of hydrazone groups is 1. The summed E-state index contributed by atoms with van der Waals surface area (Å²) in [7, 11) is 3.09. The molecule has 170 valence electrons. The molecule has 1 atom stereocenters. The van der Waals surface area contributed by atoms with Gasteiger partial charge in [-0.1, -0.05) is 33.1 Å². The Morgan fingerprint density at radius 1 is 1.18 bits per heavy atom. The number of urea groups is 1. The lowest BCUT2D eigenvalue weighted by Gasteiger charge is -2.31. The fourth-order valence-electron chi connectivity index (χ4n) is 3.67. The second-order valence-corrected chi connectivity index (χ2v) is 8.48. The number of fused-ring (bicyclic) bond motifs is 1. The van der Waals surface area contributed by atoms with Crippen LogP contribution < -0.4 is 10.2 Å². The monoisotopic (exact) mass is 511 g/mol. The largest absolute Gasteiger partial charge is 0.494 e. The standard InChI is InChI=1S/C23H23BrN6O3/c1-4-33-18-10-8-15(9-11-18)13-25-27-22-26-20-19(21(31)29(3)23(32)28(20)2)30(22)14-16-6-5-7-17(24)12-16/h5-13,19H,4,14H2,1-3H3/p+1/b25-13+. The first kappa shape index (κ1) is 22.7. The summed E-state index contributed by atoms with van der Waals surface area (Å²) < 4.78 is 8.20. The van der Waals surface area contributed by atoms with E-state index in [1.165, 1.54) is 11.9 Å². The number of benzene rings is 2. The van der Waals surface area contributed by atoms with Gasteiger partial charge in [-0.15, -0.1) is 5.10 Å². The minimum Gasteiger partial charge on any atom is -0.494 e. The van der Waals surface area contributed by atoms with Crippen LogP contribution in [0.4, 0.5) is 4.79 Å². The highest BCUT2D eigenvalue weighted by Crippen LogP contribution is 2.21. The highest BCUT2D eigenvalue weighted by atomic mass is 79.9. The summed E-state index contributed by atoms with van der Waals surface area (Å²) in [5, 5.41) is 4.32. The van der Waals surface area contributed by atoms with Crippen LogP contribution in [0.2, 0.25) is 0 Å². The second kappa shape index (κ2) is 9.53. The molecule has 2 aliphatic rings. The zero-order valence-corrected chi connectivity index (χ0v) is 20.1. The van der Waals surface area contributed by atoms with E-state index in [0.717, 1.165) is 26.2 Å². The highest BCUT2D eigenvalue weighted by molar-refractivity contribution is 9.10. The molecule has 4 rings (SSSR count). The van der Waals surface area contributed by atoms with Crippen molar-refractivity contribution >= 4 is 45.9 Å². The number of guanidine groups is 1. The van der Waals surface area contributed by atoms with E-state index in [2.05, 4.69) is 31.4 Å². The van der Waals surface area contributed by atoms with Crippen molar-refractivity contribution in [2.45, 2.75) is 19.5 Å². The summed E-state index contributed by atoms with van der Waals surface area (Å²) in [5.41, 5.74) is 4.80. The topological polar surface area (TPSA) is 89.6 Å². The van der Waals surface area contributed by atoms with Crippen LogP contribution in [0.3, 0.4) is 0 Å². The molecule has 3 amide bonds. The zero-order chi connectivity index (χ0) is 23.5. The van der Waals surface area contributed by atoms with Crippen molar-refractivity contribution in [3.05, 3.63) is 64.1 Å². The Morgan fingerprint density at radius 2 is 1.94 bits per heavy atom. The van der Waals surface area contributed by atoms with Gasteiger partial charge in [0.1, 0.15) is 5.75 Å². The molecule has 2 aromatic rings. The van der Waals surface area contributed by atoms with Gasteiger partial charge in [-0.05, 0) is 54.4 Å². The molecule has 0 aromatic heterocycles. The first-order valence-electron chi connectivity index (χ1n) is 10.4. The average Bonchev–Trinajstić information content (AvgIpc) is 3.16. The van der Waals surface area contributed by atoms with E-state index in [0.29, 0.717) is 24.9 Å². The van der Waals surface area contributed by atoms with Crippen molar-refractivity contribution in [2.75, 3.05) is 20.7 Å². The highest BCUT2D eigenvalue weighted by Gasteiger charge is 2.51. The number of carbonyl (C=O) groups excluding carboxylic acids is 2. The lowest BCUT2D eigenvalue weighted by atomic mass is 10.1. The van der Waals surface area contributed by atoms with Crippen molar-refractivity contribution in [2.24, 2.45) is 10.1 Å². The van der Waals surface area contributed by atoms with Crippen molar-refractivity contribution in [3.8, 4) is 5.75 Å². The quantitative estimate of drug-likeness (QED) is 0.366. The molecule has 2 aliphatic heterocycles. The number of nitrogens with one attached hydrogen (secondary N) is 1. The van der Waals surface area contributed by atoms with Crippen LogP contribution in [0.1, 0.15) is 18.1 Å². The Hall–Kier alpha value is -3.53.